The van der Waals surface area contributed by atoms with E-state index in [1.165, 1.54) is 0 Å². The Hall–Kier alpha value is -1.35. The molecule has 3 heteroatoms. The molecule has 0 aromatic heterocycles. The zero-order chi connectivity index (χ0) is 13.2. The monoisotopic (exact) mass is 248 g/mol. The Morgan fingerprint density at radius 1 is 1.11 bits per heavy atom. The second-order valence-electron chi connectivity index (χ2n) is 4.69. The third kappa shape index (κ3) is 1.83. The first-order valence-corrected chi connectivity index (χ1v) is 6.61. The van der Waals surface area contributed by atoms with Crippen molar-refractivity contribution in [1.29, 1.82) is 0 Å². The molecule has 0 amide bonds. The van der Waals surface area contributed by atoms with E-state index in [0.717, 1.165) is 12.8 Å². The van der Waals surface area contributed by atoms with E-state index in [1.807, 2.05) is 25.1 Å². The van der Waals surface area contributed by atoms with Gasteiger partial charge in [-0.3, -0.25) is 0 Å². The number of ether oxygens (including phenoxy) is 2. The Morgan fingerprint density at radius 2 is 1.72 bits per heavy atom. The highest BCUT2D eigenvalue weighted by molar-refractivity contribution is 5.86. The molecule has 1 aromatic rings. The second kappa shape index (κ2) is 4.73. The maximum atomic E-state index is 12.3. The summed E-state index contributed by atoms with van der Waals surface area (Å²) in [6.45, 7) is 6.08. The van der Waals surface area contributed by atoms with Crippen molar-refractivity contribution >= 4 is 5.97 Å². The van der Waals surface area contributed by atoms with Crippen molar-refractivity contribution in [2.75, 3.05) is 0 Å². The predicted octanol–water partition coefficient (Wildman–Crippen LogP) is 3.33. The first-order valence-electron chi connectivity index (χ1n) is 6.61. The third-order valence-corrected chi connectivity index (χ3v) is 3.99. The lowest BCUT2D eigenvalue weighted by Crippen LogP contribution is -2.36. The zero-order valence-corrected chi connectivity index (χ0v) is 11.2. The van der Waals surface area contributed by atoms with Crippen molar-refractivity contribution in [2.45, 2.75) is 51.2 Å². The summed E-state index contributed by atoms with van der Waals surface area (Å²) in [7, 11) is 0. The molecule has 3 nitrogen and oxygen atoms in total. The molecule has 0 spiro atoms. The molecule has 1 aromatic carbocycles. The number of hydrogen-bond acceptors (Lipinski definition) is 3. The number of esters is 1. The Balaban J connectivity index is 2.14. The molecular weight excluding hydrogens is 228 g/mol. The van der Waals surface area contributed by atoms with E-state index in [4.69, 9.17) is 9.47 Å². The van der Waals surface area contributed by atoms with Crippen molar-refractivity contribution in [2.24, 2.45) is 0 Å². The van der Waals surface area contributed by atoms with Crippen LogP contribution in [0.25, 0.3) is 0 Å². The van der Waals surface area contributed by atoms with Crippen LogP contribution in [0, 0.1) is 0 Å². The number of para-hydroxylation sites is 1. The molecule has 0 radical (unpaired) electrons. The first kappa shape index (κ1) is 13.1. The van der Waals surface area contributed by atoms with Crippen LogP contribution in [-0.2, 0) is 9.53 Å². The number of benzene rings is 1. The van der Waals surface area contributed by atoms with Gasteiger partial charge in [0.1, 0.15) is 11.4 Å². The van der Waals surface area contributed by atoms with Crippen LogP contribution in [0.1, 0.15) is 40.0 Å². The van der Waals surface area contributed by atoms with Gasteiger partial charge in [0.15, 0.2) is 5.60 Å². The van der Waals surface area contributed by atoms with E-state index >= 15 is 0 Å². The highest BCUT2D eigenvalue weighted by Gasteiger charge is 2.72. The van der Waals surface area contributed by atoms with Crippen LogP contribution in [-0.4, -0.2) is 17.2 Å². The lowest BCUT2D eigenvalue weighted by molar-refractivity contribution is -0.140. The summed E-state index contributed by atoms with van der Waals surface area (Å²) in [4.78, 5) is 12.3. The smallest absolute Gasteiger partial charge is 0.346 e. The molecule has 1 unspecified atom stereocenters. The fourth-order valence-electron chi connectivity index (χ4n) is 2.72. The fourth-order valence-corrected chi connectivity index (χ4v) is 2.72. The Kier molecular flexibility index (Phi) is 3.44. The number of rotatable bonds is 5. The first-order chi connectivity index (χ1) is 8.64. The van der Waals surface area contributed by atoms with Gasteiger partial charge in [-0.2, -0.15) is 0 Å². The topological polar surface area (TPSA) is 38.8 Å². The summed E-state index contributed by atoms with van der Waals surface area (Å²) in [5.41, 5.74) is -1.07. The van der Waals surface area contributed by atoms with Gasteiger partial charge in [-0.05, 0) is 31.4 Å². The van der Waals surface area contributed by atoms with Crippen molar-refractivity contribution in [3.8, 4) is 5.75 Å². The van der Waals surface area contributed by atoms with Crippen LogP contribution in [0.15, 0.2) is 30.3 Å². The van der Waals surface area contributed by atoms with Crippen molar-refractivity contribution in [3.05, 3.63) is 30.3 Å². The summed E-state index contributed by atoms with van der Waals surface area (Å²) < 4.78 is 11.2. The van der Waals surface area contributed by atoms with Gasteiger partial charge >= 0.3 is 5.97 Å². The Morgan fingerprint density at radius 3 is 2.17 bits per heavy atom. The average Bonchev–Trinajstić information content (AvgIpc) is 3.10. The van der Waals surface area contributed by atoms with E-state index in [-0.39, 0.29) is 11.6 Å². The van der Waals surface area contributed by atoms with Gasteiger partial charge in [0.25, 0.3) is 0 Å². The van der Waals surface area contributed by atoms with Gasteiger partial charge < -0.3 is 9.47 Å². The zero-order valence-electron chi connectivity index (χ0n) is 11.2. The Labute approximate surface area is 108 Å². The standard InChI is InChI=1S/C15H20O3/c1-4-14(5-2)15(6-3,18-14)13(16)17-12-10-8-7-9-11-12/h7-11H,4-6H2,1-3H3. The Bertz CT molecular complexity index is 423. The quantitative estimate of drug-likeness (QED) is 0.456. The SMILES string of the molecule is CCC1(CC)OC1(CC)C(=O)Oc1ccccc1. The number of carbonyl (C=O) groups excluding carboxylic acids is 1. The summed E-state index contributed by atoms with van der Waals surface area (Å²) >= 11 is 0. The summed E-state index contributed by atoms with van der Waals surface area (Å²) in [6, 6.07) is 9.15. The predicted molar refractivity (Wildman–Crippen MR) is 69.5 cm³/mol. The average molecular weight is 248 g/mol. The van der Waals surface area contributed by atoms with Gasteiger partial charge in [0.05, 0.1) is 0 Å². The number of hydrogen-bond donors (Lipinski definition) is 0. The van der Waals surface area contributed by atoms with E-state index in [2.05, 4.69) is 13.8 Å². The second-order valence-corrected chi connectivity index (χ2v) is 4.69. The molecule has 98 valence electrons. The molecule has 2 rings (SSSR count). The van der Waals surface area contributed by atoms with Crippen molar-refractivity contribution < 1.29 is 14.3 Å². The molecule has 18 heavy (non-hydrogen) atoms. The fraction of sp³-hybridized carbons (Fsp3) is 0.533. The molecule has 1 fully saturated rings. The minimum atomic E-state index is -0.744. The van der Waals surface area contributed by atoms with Gasteiger partial charge in [-0.15, -0.1) is 0 Å². The largest absolute Gasteiger partial charge is 0.424 e. The van der Waals surface area contributed by atoms with Gasteiger partial charge in [0.2, 0.25) is 0 Å². The molecule has 0 aliphatic carbocycles. The third-order valence-electron chi connectivity index (χ3n) is 3.99. The molecule has 0 bridgehead atoms. The van der Waals surface area contributed by atoms with E-state index in [0.29, 0.717) is 12.2 Å². The van der Waals surface area contributed by atoms with E-state index < -0.39 is 5.60 Å². The van der Waals surface area contributed by atoms with Crippen molar-refractivity contribution in [3.63, 3.8) is 0 Å². The molecular formula is C15H20O3. The number of carbonyl (C=O) groups is 1. The highest BCUT2D eigenvalue weighted by atomic mass is 16.7. The summed E-state index contributed by atoms with van der Waals surface area (Å²) in [6.07, 6.45) is 2.32. The summed E-state index contributed by atoms with van der Waals surface area (Å²) in [5.74, 6) is 0.312. The van der Waals surface area contributed by atoms with Crippen LogP contribution in [0.3, 0.4) is 0 Å². The van der Waals surface area contributed by atoms with Crippen LogP contribution in [0.5, 0.6) is 5.75 Å². The lowest BCUT2D eigenvalue weighted by atomic mass is 9.86. The van der Waals surface area contributed by atoms with E-state index in [1.54, 1.807) is 12.1 Å². The van der Waals surface area contributed by atoms with Crippen molar-refractivity contribution in [1.82, 2.24) is 0 Å². The van der Waals surface area contributed by atoms with Crippen LogP contribution < -0.4 is 4.74 Å². The molecule has 1 heterocycles. The van der Waals surface area contributed by atoms with Gasteiger partial charge in [0, 0.05) is 0 Å². The van der Waals surface area contributed by atoms with Gasteiger partial charge in [-0.1, -0.05) is 39.0 Å². The molecule has 1 aliphatic heterocycles. The molecule has 0 N–H and O–H groups in total. The molecule has 1 aliphatic rings. The van der Waals surface area contributed by atoms with E-state index in [9.17, 15) is 4.79 Å². The van der Waals surface area contributed by atoms with Crippen LogP contribution >= 0.6 is 0 Å². The maximum Gasteiger partial charge on any atom is 0.346 e. The lowest BCUT2D eigenvalue weighted by Gasteiger charge is -2.15. The maximum absolute atomic E-state index is 12.3. The molecule has 1 saturated heterocycles. The number of epoxide rings is 1. The van der Waals surface area contributed by atoms with Gasteiger partial charge in [-0.25, -0.2) is 4.79 Å². The highest BCUT2D eigenvalue weighted by Crippen LogP contribution is 2.55. The minimum Gasteiger partial charge on any atom is -0.424 e. The van der Waals surface area contributed by atoms with Crippen LogP contribution in [0.4, 0.5) is 0 Å². The minimum absolute atomic E-state index is 0.264. The molecule has 0 saturated carbocycles. The van der Waals surface area contributed by atoms with Crippen LogP contribution in [0.2, 0.25) is 0 Å². The normalized spacial score (nSPS) is 24.6. The molecule has 1 atom stereocenters. The summed E-state index contributed by atoms with van der Waals surface area (Å²) in [5, 5.41) is 0.